The molecule has 1 heterocycles. The summed E-state index contributed by atoms with van der Waals surface area (Å²) in [6.45, 7) is 2.01. The maximum atomic E-state index is 13.6. The second-order valence-corrected chi connectivity index (χ2v) is 4.44. The molecule has 1 atom stereocenters. The van der Waals surface area contributed by atoms with Crippen molar-refractivity contribution in [3.05, 3.63) is 59.1 Å². The number of aryl methyl sites for hydroxylation is 1. The van der Waals surface area contributed by atoms with E-state index in [-0.39, 0.29) is 6.04 Å². The molecule has 4 heteroatoms. The van der Waals surface area contributed by atoms with E-state index in [0.717, 1.165) is 24.0 Å². The lowest BCUT2D eigenvalue weighted by Crippen LogP contribution is -2.18. The Hall–Kier alpha value is -1.68. The third-order valence-corrected chi connectivity index (χ3v) is 3.16. The van der Waals surface area contributed by atoms with E-state index < -0.39 is 11.6 Å². The molecule has 0 bridgehead atoms. The zero-order valence-corrected chi connectivity index (χ0v) is 11.0. The Kier molecular flexibility index (Phi) is 4.32. The van der Waals surface area contributed by atoms with Crippen LogP contribution in [-0.4, -0.2) is 7.05 Å². The monoisotopic (exact) mass is 265 g/mol. The normalized spacial score (nSPS) is 12.6. The predicted molar refractivity (Wildman–Crippen MR) is 69.9 cm³/mol. The highest BCUT2D eigenvalue weighted by molar-refractivity contribution is 5.22. The van der Waals surface area contributed by atoms with Crippen molar-refractivity contribution in [1.29, 1.82) is 0 Å². The molecule has 0 radical (unpaired) electrons. The first-order valence-corrected chi connectivity index (χ1v) is 6.33. The zero-order chi connectivity index (χ0) is 13.8. The Balaban J connectivity index is 2.18. The molecule has 0 spiro atoms. The van der Waals surface area contributed by atoms with Crippen molar-refractivity contribution in [3.63, 3.8) is 0 Å². The summed E-state index contributed by atoms with van der Waals surface area (Å²) in [5, 5.41) is 3.09. The highest BCUT2D eigenvalue weighted by Crippen LogP contribution is 2.22. The van der Waals surface area contributed by atoms with Gasteiger partial charge < -0.3 is 9.73 Å². The number of halogens is 2. The highest BCUT2D eigenvalue weighted by Gasteiger charge is 2.16. The highest BCUT2D eigenvalue weighted by atomic mass is 19.1. The molecule has 0 fully saturated rings. The van der Waals surface area contributed by atoms with Crippen molar-refractivity contribution in [3.8, 4) is 0 Å². The van der Waals surface area contributed by atoms with Crippen molar-refractivity contribution in [2.24, 2.45) is 0 Å². The molecule has 1 N–H and O–H groups in total. The van der Waals surface area contributed by atoms with Crippen LogP contribution in [0.5, 0.6) is 0 Å². The lowest BCUT2D eigenvalue weighted by atomic mass is 10.0. The summed E-state index contributed by atoms with van der Waals surface area (Å²) < 4.78 is 32.2. The summed E-state index contributed by atoms with van der Waals surface area (Å²) in [6, 6.07) is 7.33. The van der Waals surface area contributed by atoms with Crippen LogP contribution in [0.3, 0.4) is 0 Å². The van der Waals surface area contributed by atoms with Gasteiger partial charge in [-0.2, -0.15) is 0 Å². The number of rotatable bonds is 5. The van der Waals surface area contributed by atoms with Crippen molar-refractivity contribution < 1.29 is 13.2 Å². The minimum absolute atomic E-state index is 0.125. The molecule has 0 aliphatic heterocycles. The number of hydrogen-bond donors (Lipinski definition) is 1. The smallest absolute Gasteiger partial charge is 0.129 e. The molecule has 2 nitrogen and oxygen atoms in total. The fourth-order valence-electron chi connectivity index (χ4n) is 2.02. The molecular formula is C15H17F2NO. The van der Waals surface area contributed by atoms with Crippen LogP contribution in [0.2, 0.25) is 0 Å². The van der Waals surface area contributed by atoms with Crippen LogP contribution in [0, 0.1) is 11.6 Å². The van der Waals surface area contributed by atoms with E-state index in [1.54, 1.807) is 7.05 Å². The van der Waals surface area contributed by atoms with Gasteiger partial charge in [0, 0.05) is 12.5 Å². The molecule has 102 valence electrons. The molecule has 0 aliphatic carbocycles. The molecule has 0 aliphatic rings. The maximum Gasteiger partial charge on any atom is 0.129 e. The van der Waals surface area contributed by atoms with Gasteiger partial charge in [-0.1, -0.05) is 13.0 Å². The van der Waals surface area contributed by atoms with E-state index in [4.69, 9.17) is 4.42 Å². The predicted octanol–water partition coefficient (Wildman–Crippen LogP) is 3.62. The molecule has 1 aromatic heterocycles. The van der Waals surface area contributed by atoms with Crippen molar-refractivity contribution >= 4 is 0 Å². The van der Waals surface area contributed by atoms with Crippen LogP contribution in [-0.2, 0) is 12.8 Å². The minimum Gasteiger partial charge on any atom is -0.464 e. The third kappa shape index (κ3) is 3.20. The van der Waals surface area contributed by atoms with Gasteiger partial charge in [0.05, 0.1) is 6.04 Å². The summed E-state index contributed by atoms with van der Waals surface area (Å²) >= 11 is 0. The average molecular weight is 265 g/mol. The Labute approximate surface area is 111 Å². The standard InChI is InChI=1S/C15H17F2NO/c1-3-12-6-7-15(19-12)14(18-2)8-10-4-5-11(16)9-13(10)17/h4-7,9,14,18H,3,8H2,1-2H3. The summed E-state index contributed by atoms with van der Waals surface area (Å²) in [6.07, 6.45) is 1.24. The first kappa shape index (κ1) is 13.7. The second kappa shape index (κ2) is 5.97. The van der Waals surface area contributed by atoms with Gasteiger partial charge in [-0.15, -0.1) is 0 Å². The van der Waals surface area contributed by atoms with E-state index in [2.05, 4.69) is 5.32 Å². The quantitative estimate of drug-likeness (QED) is 0.893. The van der Waals surface area contributed by atoms with Crippen molar-refractivity contribution in [1.82, 2.24) is 5.32 Å². The van der Waals surface area contributed by atoms with Gasteiger partial charge in [-0.05, 0) is 37.2 Å². The molecule has 1 unspecified atom stereocenters. The molecule has 1 aromatic carbocycles. The second-order valence-electron chi connectivity index (χ2n) is 4.44. The van der Waals surface area contributed by atoms with Gasteiger partial charge in [-0.3, -0.25) is 0 Å². The SMILES string of the molecule is CCc1ccc(C(Cc2ccc(F)cc2F)NC)o1. The fourth-order valence-corrected chi connectivity index (χ4v) is 2.02. The lowest BCUT2D eigenvalue weighted by Gasteiger charge is -2.14. The molecular weight excluding hydrogens is 248 g/mol. The Bertz CT molecular complexity index is 551. The van der Waals surface area contributed by atoms with Crippen LogP contribution in [0.4, 0.5) is 8.78 Å². The number of likely N-dealkylation sites (N-methyl/N-ethyl adjacent to an activating group) is 1. The van der Waals surface area contributed by atoms with Gasteiger partial charge in [0.15, 0.2) is 0 Å². The van der Waals surface area contributed by atoms with Crippen LogP contribution in [0.1, 0.15) is 30.0 Å². The molecule has 2 aromatic rings. The maximum absolute atomic E-state index is 13.6. The number of benzene rings is 1. The lowest BCUT2D eigenvalue weighted by molar-refractivity contribution is 0.404. The molecule has 0 saturated heterocycles. The summed E-state index contributed by atoms with van der Waals surface area (Å²) in [5.74, 6) is 0.578. The van der Waals surface area contributed by atoms with E-state index in [1.807, 2.05) is 19.1 Å². The minimum atomic E-state index is -0.562. The Morgan fingerprint density at radius 3 is 2.58 bits per heavy atom. The van der Waals surface area contributed by atoms with E-state index in [0.29, 0.717) is 12.0 Å². The Morgan fingerprint density at radius 1 is 1.21 bits per heavy atom. The molecule has 2 rings (SSSR count). The van der Waals surface area contributed by atoms with Gasteiger partial charge in [0.1, 0.15) is 23.2 Å². The summed E-state index contributed by atoms with van der Waals surface area (Å²) in [5.41, 5.74) is 0.468. The molecule has 19 heavy (non-hydrogen) atoms. The molecule has 0 amide bonds. The van der Waals surface area contributed by atoms with Crippen LogP contribution >= 0.6 is 0 Å². The zero-order valence-electron chi connectivity index (χ0n) is 11.0. The van der Waals surface area contributed by atoms with Gasteiger partial charge >= 0.3 is 0 Å². The van der Waals surface area contributed by atoms with Gasteiger partial charge in [0.25, 0.3) is 0 Å². The number of nitrogens with one attached hydrogen (secondary N) is 1. The third-order valence-electron chi connectivity index (χ3n) is 3.16. The first-order chi connectivity index (χ1) is 9.13. The number of furan rings is 1. The van der Waals surface area contributed by atoms with E-state index in [9.17, 15) is 8.78 Å². The van der Waals surface area contributed by atoms with Gasteiger partial charge in [0.2, 0.25) is 0 Å². The summed E-state index contributed by atoms with van der Waals surface area (Å²) in [4.78, 5) is 0. The average Bonchev–Trinajstić information content (AvgIpc) is 2.86. The topological polar surface area (TPSA) is 25.2 Å². The summed E-state index contributed by atoms with van der Waals surface area (Å²) in [7, 11) is 1.79. The molecule has 0 saturated carbocycles. The van der Waals surface area contributed by atoms with Crippen molar-refractivity contribution in [2.75, 3.05) is 7.05 Å². The van der Waals surface area contributed by atoms with Crippen LogP contribution in [0.15, 0.2) is 34.7 Å². The van der Waals surface area contributed by atoms with Crippen LogP contribution in [0.25, 0.3) is 0 Å². The largest absolute Gasteiger partial charge is 0.464 e. The van der Waals surface area contributed by atoms with E-state index >= 15 is 0 Å². The Morgan fingerprint density at radius 2 is 2.00 bits per heavy atom. The number of hydrogen-bond acceptors (Lipinski definition) is 2. The van der Waals surface area contributed by atoms with Gasteiger partial charge in [-0.25, -0.2) is 8.78 Å². The first-order valence-electron chi connectivity index (χ1n) is 6.33. The van der Waals surface area contributed by atoms with E-state index in [1.165, 1.54) is 12.1 Å². The van der Waals surface area contributed by atoms with Crippen LogP contribution < -0.4 is 5.32 Å². The van der Waals surface area contributed by atoms with Crippen molar-refractivity contribution in [2.45, 2.75) is 25.8 Å². The fraction of sp³-hybridized carbons (Fsp3) is 0.333.